The van der Waals surface area contributed by atoms with Gasteiger partial charge in [0.05, 0.1) is 28.2 Å². The van der Waals surface area contributed by atoms with Gasteiger partial charge in [0.25, 0.3) is 0 Å². The fraction of sp³-hybridized carbons (Fsp3) is 0.167. The number of nitrogens with zero attached hydrogens (tertiary/aromatic N) is 2. The largest absolute Gasteiger partial charge is 0.294 e. The zero-order chi connectivity index (χ0) is 12.6. The third-order valence-electron chi connectivity index (χ3n) is 2.53. The molecule has 0 aliphatic carbocycles. The van der Waals surface area contributed by atoms with E-state index in [9.17, 15) is 4.79 Å². The molecule has 0 fully saturated rings. The van der Waals surface area contributed by atoms with Gasteiger partial charge in [-0.25, -0.2) is 4.68 Å². The van der Waals surface area contributed by atoms with Crippen LogP contribution in [0.15, 0.2) is 24.4 Å². The molecule has 3 nitrogen and oxygen atoms in total. The number of hydrogen-bond acceptors (Lipinski definition) is 2. The molecule has 0 aliphatic heterocycles. The van der Waals surface area contributed by atoms with Gasteiger partial charge in [0.2, 0.25) is 0 Å². The molecule has 2 rings (SSSR count). The Morgan fingerprint density at radius 1 is 1.35 bits per heavy atom. The van der Waals surface area contributed by atoms with Gasteiger partial charge in [0, 0.05) is 5.02 Å². The average molecular weight is 269 g/mol. The van der Waals surface area contributed by atoms with Crippen LogP contribution in [0.1, 0.15) is 23.0 Å². The third kappa shape index (κ3) is 2.21. The number of carbonyl (C=O) groups excluding carboxylic acids is 1. The van der Waals surface area contributed by atoms with E-state index in [1.807, 2.05) is 6.92 Å². The number of carbonyl (C=O) groups is 1. The predicted molar refractivity (Wildman–Crippen MR) is 68.3 cm³/mol. The van der Waals surface area contributed by atoms with Crippen molar-refractivity contribution >= 4 is 29.0 Å². The highest BCUT2D eigenvalue weighted by Gasteiger charge is 2.13. The van der Waals surface area contributed by atoms with Crippen LogP contribution < -0.4 is 0 Å². The predicted octanol–water partition coefficient (Wildman–Crippen LogP) is 3.69. The summed E-state index contributed by atoms with van der Waals surface area (Å²) in [7, 11) is 0. The standard InChI is InChI=1S/C12H10Cl2N2O/c1-7-10(8(2)17)6-15-16(7)12-4-3-9(13)5-11(12)14/h3-6H,1-2H3. The molecule has 0 saturated heterocycles. The molecule has 0 N–H and O–H groups in total. The molecule has 0 bridgehead atoms. The summed E-state index contributed by atoms with van der Waals surface area (Å²) in [5.74, 6) is -0.0150. The van der Waals surface area contributed by atoms with Crippen molar-refractivity contribution in [2.45, 2.75) is 13.8 Å². The van der Waals surface area contributed by atoms with Gasteiger partial charge < -0.3 is 0 Å². The minimum atomic E-state index is -0.0150. The first kappa shape index (κ1) is 12.1. The summed E-state index contributed by atoms with van der Waals surface area (Å²) in [5.41, 5.74) is 2.07. The number of Topliss-reactive ketones (excluding diaryl/α,β-unsaturated/α-hetero) is 1. The van der Waals surface area contributed by atoms with Crippen LogP contribution in [-0.2, 0) is 0 Å². The Morgan fingerprint density at radius 2 is 2.06 bits per heavy atom. The molecule has 0 spiro atoms. The zero-order valence-corrected chi connectivity index (χ0v) is 10.9. The lowest BCUT2D eigenvalue weighted by molar-refractivity contribution is 0.101. The lowest BCUT2D eigenvalue weighted by Crippen LogP contribution is -2.01. The Morgan fingerprint density at radius 3 is 2.59 bits per heavy atom. The summed E-state index contributed by atoms with van der Waals surface area (Å²) in [6.07, 6.45) is 1.54. The zero-order valence-electron chi connectivity index (χ0n) is 9.37. The molecule has 0 radical (unpaired) electrons. The number of halogens is 2. The normalized spacial score (nSPS) is 10.6. The average Bonchev–Trinajstić information content (AvgIpc) is 2.60. The van der Waals surface area contributed by atoms with E-state index in [0.29, 0.717) is 21.3 Å². The summed E-state index contributed by atoms with van der Waals surface area (Å²) < 4.78 is 1.63. The Bertz CT molecular complexity index is 590. The van der Waals surface area contributed by atoms with Crippen LogP contribution in [0.2, 0.25) is 10.0 Å². The molecule has 1 aromatic heterocycles. The summed E-state index contributed by atoms with van der Waals surface area (Å²) in [6.45, 7) is 3.34. The number of hydrogen-bond donors (Lipinski definition) is 0. The van der Waals surface area contributed by atoms with Gasteiger partial charge >= 0.3 is 0 Å². The van der Waals surface area contributed by atoms with Crippen molar-refractivity contribution in [2.24, 2.45) is 0 Å². The van der Waals surface area contributed by atoms with Crippen molar-refractivity contribution in [2.75, 3.05) is 0 Å². The minimum absolute atomic E-state index is 0.0150. The Hall–Kier alpha value is -1.32. The first-order valence-corrected chi connectivity index (χ1v) is 5.77. The van der Waals surface area contributed by atoms with E-state index >= 15 is 0 Å². The topological polar surface area (TPSA) is 34.9 Å². The van der Waals surface area contributed by atoms with Crippen molar-refractivity contribution in [3.8, 4) is 5.69 Å². The highest BCUT2D eigenvalue weighted by atomic mass is 35.5. The Balaban J connectivity index is 2.57. The van der Waals surface area contributed by atoms with Gasteiger partial charge in [0.15, 0.2) is 5.78 Å². The van der Waals surface area contributed by atoms with Crippen LogP contribution in [0.5, 0.6) is 0 Å². The van der Waals surface area contributed by atoms with E-state index in [-0.39, 0.29) is 5.78 Å². The van der Waals surface area contributed by atoms with Crippen LogP contribution in [-0.4, -0.2) is 15.6 Å². The molecule has 17 heavy (non-hydrogen) atoms. The summed E-state index contributed by atoms with van der Waals surface area (Å²) in [4.78, 5) is 11.3. The quantitative estimate of drug-likeness (QED) is 0.779. The first-order chi connectivity index (χ1) is 8.00. The van der Waals surface area contributed by atoms with Crippen LogP contribution >= 0.6 is 23.2 Å². The Labute approximate surface area is 109 Å². The van der Waals surface area contributed by atoms with Gasteiger partial charge in [0.1, 0.15) is 0 Å². The molecule has 0 saturated carbocycles. The van der Waals surface area contributed by atoms with E-state index in [4.69, 9.17) is 23.2 Å². The van der Waals surface area contributed by atoms with Gasteiger partial charge in [-0.1, -0.05) is 23.2 Å². The summed E-state index contributed by atoms with van der Waals surface area (Å²) in [6, 6.07) is 5.15. The van der Waals surface area contributed by atoms with Crippen molar-refractivity contribution in [3.05, 3.63) is 45.7 Å². The maximum Gasteiger partial charge on any atom is 0.163 e. The van der Waals surface area contributed by atoms with Crippen molar-refractivity contribution in [1.82, 2.24) is 9.78 Å². The molecule has 1 heterocycles. The van der Waals surface area contributed by atoms with E-state index < -0.39 is 0 Å². The van der Waals surface area contributed by atoms with Gasteiger partial charge in [-0.15, -0.1) is 0 Å². The minimum Gasteiger partial charge on any atom is -0.294 e. The second-order valence-corrected chi connectivity index (χ2v) is 4.55. The van der Waals surface area contributed by atoms with Crippen LogP contribution in [0.4, 0.5) is 0 Å². The number of rotatable bonds is 2. The molecule has 5 heteroatoms. The van der Waals surface area contributed by atoms with Crippen LogP contribution in [0.3, 0.4) is 0 Å². The number of aromatic nitrogens is 2. The molecule has 0 aliphatic rings. The Kier molecular flexibility index (Phi) is 3.22. The second-order valence-electron chi connectivity index (χ2n) is 3.71. The fourth-order valence-electron chi connectivity index (χ4n) is 1.65. The first-order valence-electron chi connectivity index (χ1n) is 5.01. The van der Waals surface area contributed by atoms with Crippen molar-refractivity contribution in [3.63, 3.8) is 0 Å². The van der Waals surface area contributed by atoms with E-state index in [2.05, 4.69) is 5.10 Å². The lowest BCUT2D eigenvalue weighted by Gasteiger charge is -2.07. The van der Waals surface area contributed by atoms with E-state index in [1.54, 1.807) is 29.1 Å². The smallest absolute Gasteiger partial charge is 0.163 e. The van der Waals surface area contributed by atoms with E-state index in [1.165, 1.54) is 6.92 Å². The van der Waals surface area contributed by atoms with Crippen LogP contribution in [0.25, 0.3) is 5.69 Å². The molecule has 0 atom stereocenters. The summed E-state index contributed by atoms with van der Waals surface area (Å²) in [5, 5.41) is 5.23. The molecule has 88 valence electrons. The lowest BCUT2D eigenvalue weighted by atomic mass is 10.2. The van der Waals surface area contributed by atoms with Gasteiger partial charge in [-0.2, -0.15) is 5.10 Å². The summed E-state index contributed by atoms with van der Waals surface area (Å²) >= 11 is 11.9. The van der Waals surface area contributed by atoms with Gasteiger partial charge in [-0.05, 0) is 32.0 Å². The molecule has 2 aromatic rings. The maximum absolute atomic E-state index is 11.3. The van der Waals surface area contributed by atoms with Crippen molar-refractivity contribution in [1.29, 1.82) is 0 Å². The van der Waals surface area contributed by atoms with Crippen LogP contribution in [0, 0.1) is 6.92 Å². The highest BCUT2D eigenvalue weighted by Crippen LogP contribution is 2.25. The van der Waals surface area contributed by atoms with Crippen molar-refractivity contribution < 1.29 is 4.79 Å². The second kappa shape index (κ2) is 4.51. The molecule has 0 unspecified atom stereocenters. The third-order valence-corrected chi connectivity index (χ3v) is 3.06. The number of ketones is 1. The van der Waals surface area contributed by atoms with Gasteiger partial charge in [-0.3, -0.25) is 4.79 Å². The fourth-order valence-corrected chi connectivity index (χ4v) is 2.14. The molecule has 0 amide bonds. The van der Waals surface area contributed by atoms with E-state index in [0.717, 1.165) is 5.69 Å². The number of benzene rings is 1. The maximum atomic E-state index is 11.3. The molecular weight excluding hydrogens is 259 g/mol. The SMILES string of the molecule is CC(=O)c1cnn(-c2ccc(Cl)cc2Cl)c1C. The monoisotopic (exact) mass is 268 g/mol. The molecule has 1 aromatic carbocycles. The molecular formula is C12H10Cl2N2O. The highest BCUT2D eigenvalue weighted by molar-refractivity contribution is 6.35.